The Kier molecular flexibility index (Phi) is 34.7. The van der Waals surface area contributed by atoms with Gasteiger partial charge < -0.3 is 89.8 Å². The molecule has 0 unspecified atom stereocenters. The molecule has 31 nitrogen and oxygen atoms in total. The van der Waals surface area contributed by atoms with Crippen molar-refractivity contribution in [3.63, 3.8) is 0 Å². The Labute approximate surface area is 536 Å². The first-order chi connectivity index (χ1) is 42.4. The molecule has 2 heterocycles. The molecule has 0 aromatic carbocycles. The minimum Gasteiger partial charge on any atom is -0.480 e. The number of thiol groups is 2. The number of rotatable bonds is 39. The fourth-order valence-electron chi connectivity index (χ4n) is 9.89. The van der Waals surface area contributed by atoms with Crippen LogP contribution in [0.15, 0.2) is 0 Å². The summed E-state index contributed by atoms with van der Waals surface area (Å²) < 4.78 is 0. The molecule has 2 saturated heterocycles. The van der Waals surface area contributed by atoms with E-state index in [1.54, 1.807) is 41.5 Å². The summed E-state index contributed by atoms with van der Waals surface area (Å²) in [7, 11) is 0. The van der Waals surface area contributed by atoms with Gasteiger partial charge in [-0.25, -0.2) is 4.79 Å². The summed E-state index contributed by atoms with van der Waals surface area (Å²) in [4.78, 5) is 190. The van der Waals surface area contributed by atoms with Gasteiger partial charge in [0.2, 0.25) is 76.8 Å². The van der Waals surface area contributed by atoms with Gasteiger partial charge in [-0.15, -0.1) is 0 Å². The number of carboxylic acids is 1. The fraction of sp³-hybridized carbons (Fsp3) is 0.754. The van der Waals surface area contributed by atoms with Crippen LogP contribution in [0.2, 0.25) is 0 Å². The zero-order chi connectivity index (χ0) is 68.3. The Morgan fingerprint density at radius 2 is 1.03 bits per heavy atom. The number of amides is 13. The van der Waals surface area contributed by atoms with Gasteiger partial charge in [0.05, 0.1) is 25.3 Å². The summed E-state index contributed by atoms with van der Waals surface area (Å²) >= 11 is 8.13. The number of primary amides is 1. The second-order valence-corrected chi connectivity index (χ2v) is 23.8. The molecule has 90 heavy (non-hydrogen) atoms. The van der Waals surface area contributed by atoms with E-state index in [4.69, 9.17) is 11.5 Å². The van der Waals surface area contributed by atoms with Gasteiger partial charge in [0.25, 0.3) is 0 Å². The predicted molar refractivity (Wildman–Crippen MR) is 334 cm³/mol. The topological polar surface area (TPSA) is 478 Å². The van der Waals surface area contributed by atoms with Crippen molar-refractivity contribution in [2.75, 3.05) is 37.7 Å². The van der Waals surface area contributed by atoms with Crippen LogP contribution in [0, 0.1) is 17.8 Å². The number of likely N-dealkylation sites (tertiary alicyclic amines) is 2. The molecule has 0 aromatic heterocycles. The molecule has 2 rings (SSSR count). The van der Waals surface area contributed by atoms with Gasteiger partial charge in [-0.1, -0.05) is 80.6 Å². The average Bonchev–Trinajstić information content (AvgIpc) is 2.01. The highest BCUT2D eigenvalue weighted by Crippen LogP contribution is 2.27. The average molecular weight is 1320 g/mol. The molecule has 17 N–H and O–H groups in total. The molecule has 0 aromatic rings. The summed E-state index contributed by atoms with van der Waals surface area (Å²) in [5, 5.41) is 55.6. The van der Waals surface area contributed by atoms with Crippen LogP contribution in [-0.2, 0) is 67.1 Å². The largest absolute Gasteiger partial charge is 0.480 e. The Morgan fingerprint density at radius 3 is 1.56 bits per heavy atom. The fourth-order valence-corrected chi connectivity index (χ4v) is 10.3. The summed E-state index contributed by atoms with van der Waals surface area (Å²) in [5.74, 6) is -13.7. The Morgan fingerprint density at radius 1 is 0.544 bits per heavy atom. The van der Waals surface area contributed by atoms with Crippen LogP contribution >= 0.6 is 25.3 Å². The first-order valence-corrected chi connectivity index (χ1v) is 32.0. The minimum absolute atomic E-state index is 0.0247. The van der Waals surface area contributed by atoms with Crippen LogP contribution < -0.4 is 64.6 Å². The lowest BCUT2D eigenvalue weighted by Gasteiger charge is -2.35. The number of nitrogens with zero attached hydrogens (tertiary/aromatic N) is 2. The van der Waals surface area contributed by atoms with E-state index in [-0.39, 0.29) is 56.7 Å². The smallest absolute Gasteiger partial charge is 0.326 e. The van der Waals surface area contributed by atoms with Gasteiger partial charge in [-0.05, 0) is 70.1 Å². The van der Waals surface area contributed by atoms with E-state index in [1.165, 1.54) is 23.6 Å². The standard InChI is InChI=1S/C57H98N14O17S2/c1-10-14-17-34(62-52(82)42(28(5)11-2)66-41(75)24-60-47(77)33(58)26-89)48(78)69-45(32(9)73)54(84)61-31(8)46(76)64-36(25-72)49(79)68-44(30(7)13-4)56(86)71-23-16-19-39(71)55(85)70-22-15-18-38(70)51(81)67-43(29(6)12-3)53(83)65-37(27-90)50(80)63-35(57(87)88)20-21-40(59)74/h28-39,42-45,72-73,89-90H,10-27,58H2,1-9H3,(H2,59,74)(H,60,77)(H,61,84)(H,62,82)(H,63,80)(H,64,76)(H,65,83)(H,66,75)(H,67,81)(H,68,79)(H,69,78)(H,87,88)/t28-,29-,30-,31-,32+,33-,34-,35-,36-,37-,38-,39-,42-,43-,44-,45-/m0/s1. The molecule has 2 fully saturated rings. The van der Waals surface area contributed by atoms with E-state index in [9.17, 15) is 82.4 Å². The Bertz CT molecular complexity index is 2520. The molecule has 13 amide bonds. The molecule has 0 saturated carbocycles. The lowest BCUT2D eigenvalue weighted by molar-refractivity contribution is -0.149. The highest BCUT2D eigenvalue weighted by molar-refractivity contribution is 7.80. The SMILES string of the molecule is CCCC[C@H](NC(=O)[C@@H](NC(=O)CNC(=O)[C@@H](N)CS)[C@@H](C)CC)C(=O)N[C@H](C(=O)N[C@@H](C)C(=O)N[C@@H](CO)C(=O)N[C@H](C(=O)N1CCC[C@H]1C(=O)N1CCC[C@H]1C(=O)N[C@H](C(=O)N[C@@H](CS)C(=O)N[C@@H](CCC(N)=O)C(=O)O)[C@@H](C)CC)[C@@H](C)CC)[C@@H](C)O. The van der Waals surface area contributed by atoms with Gasteiger partial charge in [0, 0.05) is 31.0 Å². The van der Waals surface area contributed by atoms with Crippen molar-refractivity contribution >= 4 is 108 Å². The van der Waals surface area contributed by atoms with E-state index in [1.807, 2.05) is 6.92 Å². The van der Waals surface area contributed by atoms with Crippen molar-refractivity contribution in [3.05, 3.63) is 0 Å². The van der Waals surface area contributed by atoms with E-state index in [0.29, 0.717) is 44.9 Å². The number of hydrogen-bond acceptors (Lipinski definition) is 19. The zero-order valence-corrected chi connectivity index (χ0v) is 54.8. The lowest BCUT2D eigenvalue weighted by Crippen LogP contribution is -2.62. The first-order valence-electron chi connectivity index (χ1n) is 30.8. The monoisotopic (exact) mass is 1310 g/mol. The summed E-state index contributed by atoms with van der Waals surface area (Å²) in [6, 6.07) is -15.9. The Hall–Kier alpha value is -6.84. The highest BCUT2D eigenvalue weighted by Gasteiger charge is 2.46. The highest BCUT2D eigenvalue weighted by atomic mass is 32.1. The predicted octanol–water partition coefficient (Wildman–Crippen LogP) is -4.29. The van der Waals surface area contributed by atoms with Crippen molar-refractivity contribution in [3.8, 4) is 0 Å². The number of nitrogens with two attached hydrogens (primary N) is 2. The molecule has 0 aliphatic carbocycles. The second-order valence-electron chi connectivity index (χ2n) is 23.1. The molecule has 0 bridgehead atoms. The van der Waals surface area contributed by atoms with Crippen molar-refractivity contribution in [2.24, 2.45) is 29.2 Å². The molecule has 2 aliphatic heterocycles. The quantitative estimate of drug-likeness (QED) is 0.0259. The van der Waals surface area contributed by atoms with Gasteiger partial charge in [0.15, 0.2) is 0 Å². The maximum Gasteiger partial charge on any atom is 0.326 e. The molecule has 16 atom stereocenters. The van der Waals surface area contributed by atoms with Gasteiger partial charge in [-0.3, -0.25) is 62.3 Å². The summed E-state index contributed by atoms with van der Waals surface area (Å²) in [5.41, 5.74) is 10.8. The van der Waals surface area contributed by atoms with Crippen molar-refractivity contribution in [1.82, 2.24) is 63.0 Å². The number of aliphatic hydroxyl groups excluding tert-OH is 2. The molecule has 0 radical (unpaired) electrons. The van der Waals surface area contributed by atoms with Crippen LogP contribution in [0.4, 0.5) is 0 Å². The van der Waals surface area contributed by atoms with E-state index >= 15 is 0 Å². The number of aliphatic carboxylic acids is 1. The van der Waals surface area contributed by atoms with Crippen LogP contribution in [0.1, 0.15) is 139 Å². The first kappa shape index (κ1) is 79.3. The number of carboxylic acid groups (broad SMARTS) is 1. The van der Waals surface area contributed by atoms with Gasteiger partial charge >= 0.3 is 5.97 Å². The maximum atomic E-state index is 14.6. The van der Waals surface area contributed by atoms with Crippen LogP contribution in [-0.4, -0.2) is 224 Å². The van der Waals surface area contributed by atoms with Gasteiger partial charge in [-0.2, -0.15) is 25.3 Å². The van der Waals surface area contributed by atoms with Crippen molar-refractivity contribution in [1.29, 1.82) is 0 Å². The third kappa shape index (κ3) is 24.1. The van der Waals surface area contributed by atoms with Crippen LogP contribution in [0.5, 0.6) is 0 Å². The molecule has 0 spiro atoms. The molecule has 33 heteroatoms. The molecular formula is C57H98N14O17S2. The van der Waals surface area contributed by atoms with E-state index in [2.05, 4.69) is 78.4 Å². The third-order valence-electron chi connectivity index (χ3n) is 16.2. The number of carbonyl (C=O) groups excluding carboxylic acids is 13. The minimum atomic E-state index is -1.70. The number of unbranched alkanes of at least 4 members (excludes halogenated alkanes) is 1. The van der Waals surface area contributed by atoms with Crippen LogP contribution in [0.25, 0.3) is 0 Å². The molecule has 510 valence electrons. The van der Waals surface area contributed by atoms with Gasteiger partial charge in [0.1, 0.15) is 66.5 Å². The maximum absolute atomic E-state index is 14.6. The summed E-state index contributed by atoms with van der Waals surface area (Å²) in [6.07, 6.45) is 1.14. The number of nitrogens with one attached hydrogen (secondary N) is 10. The normalized spacial score (nSPS) is 19.3. The van der Waals surface area contributed by atoms with Crippen molar-refractivity contribution < 1.29 is 82.4 Å². The second kappa shape index (κ2) is 39.4. The van der Waals surface area contributed by atoms with Crippen LogP contribution in [0.3, 0.4) is 0 Å². The molecular weight excluding hydrogens is 1220 g/mol. The van der Waals surface area contributed by atoms with E-state index < -0.39 is 192 Å². The van der Waals surface area contributed by atoms with Crippen molar-refractivity contribution in [2.45, 2.75) is 218 Å². The zero-order valence-electron chi connectivity index (χ0n) is 53.0. The Balaban J connectivity index is 2.23. The molecule has 2 aliphatic rings. The third-order valence-corrected chi connectivity index (χ3v) is 17.0. The lowest BCUT2D eigenvalue weighted by atomic mass is 9.96. The number of carbonyl (C=O) groups is 14. The van der Waals surface area contributed by atoms with E-state index in [0.717, 1.165) is 0 Å². The summed E-state index contributed by atoms with van der Waals surface area (Å²) in [6.45, 7) is 13.3. The number of hydrogen-bond donors (Lipinski definition) is 17. The number of aliphatic hydroxyl groups is 2.